The fourth-order valence-electron chi connectivity index (χ4n) is 0.969. The molecule has 1 aromatic carbocycles. The fraction of sp³-hybridized carbons (Fsp3) is 0.333. The SMILES string of the molecule is CC(F)(F)c1cccc(C(F)(F)F)c1. The molecule has 0 unspecified atom stereocenters. The molecule has 14 heavy (non-hydrogen) atoms. The van der Waals surface area contributed by atoms with Gasteiger partial charge in [0, 0.05) is 12.5 Å². The van der Waals surface area contributed by atoms with E-state index in [1.807, 2.05) is 0 Å². The number of hydrogen-bond donors (Lipinski definition) is 0. The van der Waals surface area contributed by atoms with Gasteiger partial charge in [-0.1, -0.05) is 12.1 Å². The molecule has 0 radical (unpaired) electrons. The Hall–Kier alpha value is -1.13. The van der Waals surface area contributed by atoms with Crippen molar-refractivity contribution < 1.29 is 22.0 Å². The second-order valence-corrected chi connectivity index (χ2v) is 2.97. The highest BCUT2D eigenvalue weighted by Gasteiger charge is 2.33. The lowest BCUT2D eigenvalue weighted by Gasteiger charge is -2.13. The minimum atomic E-state index is -4.58. The van der Waals surface area contributed by atoms with Crippen molar-refractivity contribution in [1.29, 1.82) is 0 Å². The first-order valence-electron chi connectivity index (χ1n) is 3.77. The molecule has 1 aromatic rings. The molecule has 0 fully saturated rings. The van der Waals surface area contributed by atoms with Crippen molar-refractivity contribution in [3.8, 4) is 0 Å². The Morgan fingerprint density at radius 1 is 0.929 bits per heavy atom. The molecule has 1 rings (SSSR count). The van der Waals surface area contributed by atoms with Crippen molar-refractivity contribution in [2.75, 3.05) is 0 Å². The second kappa shape index (κ2) is 3.22. The number of halogens is 5. The van der Waals surface area contributed by atoms with Gasteiger partial charge < -0.3 is 0 Å². The molecule has 0 heterocycles. The van der Waals surface area contributed by atoms with Crippen LogP contribution >= 0.6 is 0 Å². The van der Waals surface area contributed by atoms with E-state index < -0.39 is 23.2 Å². The van der Waals surface area contributed by atoms with Crippen LogP contribution in [0.5, 0.6) is 0 Å². The number of hydrogen-bond acceptors (Lipinski definition) is 0. The van der Waals surface area contributed by atoms with Crippen molar-refractivity contribution in [2.24, 2.45) is 0 Å². The molecule has 78 valence electrons. The summed E-state index contributed by atoms with van der Waals surface area (Å²) < 4.78 is 61.6. The van der Waals surface area contributed by atoms with E-state index in [0.717, 1.165) is 18.2 Å². The summed E-state index contributed by atoms with van der Waals surface area (Å²) in [6.45, 7) is 0.558. The zero-order valence-corrected chi connectivity index (χ0v) is 7.20. The summed E-state index contributed by atoms with van der Waals surface area (Å²) in [5.74, 6) is -3.25. The average molecular weight is 210 g/mol. The van der Waals surface area contributed by atoms with Gasteiger partial charge >= 0.3 is 6.18 Å². The molecule has 0 N–H and O–H groups in total. The highest BCUT2D eigenvalue weighted by atomic mass is 19.4. The lowest BCUT2D eigenvalue weighted by atomic mass is 10.1. The fourth-order valence-corrected chi connectivity index (χ4v) is 0.969. The molecule has 0 amide bonds. The highest BCUT2D eigenvalue weighted by Crippen LogP contribution is 2.33. The molecule has 0 aliphatic heterocycles. The van der Waals surface area contributed by atoms with Gasteiger partial charge in [-0.3, -0.25) is 0 Å². The van der Waals surface area contributed by atoms with Crippen LogP contribution in [0.2, 0.25) is 0 Å². The molecular formula is C9H7F5. The summed E-state index contributed by atoms with van der Waals surface area (Å²) in [6.07, 6.45) is -4.58. The van der Waals surface area contributed by atoms with E-state index in [4.69, 9.17) is 0 Å². The number of benzene rings is 1. The first-order chi connectivity index (χ1) is 6.21. The van der Waals surface area contributed by atoms with Crippen molar-refractivity contribution in [3.63, 3.8) is 0 Å². The molecule has 0 spiro atoms. The molecule has 0 atom stereocenters. The number of alkyl halides is 5. The van der Waals surface area contributed by atoms with Crippen LogP contribution in [0.25, 0.3) is 0 Å². The van der Waals surface area contributed by atoms with E-state index in [1.54, 1.807) is 0 Å². The van der Waals surface area contributed by atoms with Gasteiger partial charge in [-0.25, -0.2) is 8.78 Å². The van der Waals surface area contributed by atoms with Crippen LogP contribution in [0.4, 0.5) is 22.0 Å². The average Bonchev–Trinajstić information content (AvgIpc) is 2.01. The third-order valence-electron chi connectivity index (χ3n) is 1.70. The second-order valence-electron chi connectivity index (χ2n) is 2.97. The summed E-state index contributed by atoms with van der Waals surface area (Å²) in [5.41, 5.74) is -1.69. The van der Waals surface area contributed by atoms with Crippen LogP contribution in [-0.4, -0.2) is 0 Å². The Labute approximate surface area is 77.4 Å². The smallest absolute Gasteiger partial charge is 0.202 e. The molecule has 0 saturated heterocycles. The zero-order valence-electron chi connectivity index (χ0n) is 7.20. The maximum atomic E-state index is 12.7. The first-order valence-corrected chi connectivity index (χ1v) is 3.77. The van der Waals surface area contributed by atoms with E-state index in [1.165, 1.54) is 0 Å². The quantitative estimate of drug-likeness (QED) is 0.618. The van der Waals surface area contributed by atoms with E-state index in [0.29, 0.717) is 13.0 Å². The molecule has 0 aliphatic carbocycles. The van der Waals surface area contributed by atoms with Crippen LogP contribution in [0.3, 0.4) is 0 Å². The van der Waals surface area contributed by atoms with E-state index in [-0.39, 0.29) is 0 Å². The maximum absolute atomic E-state index is 12.7. The standard InChI is InChI=1S/C9H7F5/c1-8(10,11)6-3-2-4-7(5-6)9(12,13)14/h2-5H,1H3. The first kappa shape index (κ1) is 10.9. The lowest BCUT2D eigenvalue weighted by Crippen LogP contribution is -2.11. The zero-order chi connectivity index (χ0) is 11.0. The topological polar surface area (TPSA) is 0 Å². The van der Waals surface area contributed by atoms with Crippen LogP contribution in [0, 0.1) is 0 Å². The minimum absolute atomic E-state index is 0.458. The molecular weight excluding hydrogens is 203 g/mol. The van der Waals surface area contributed by atoms with Gasteiger partial charge in [0.2, 0.25) is 0 Å². The number of rotatable bonds is 1. The summed E-state index contributed by atoms with van der Waals surface area (Å²) in [7, 11) is 0. The Bertz CT molecular complexity index is 291. The molecule has 0 saturated carbocycles. The molecule has 0 bridgehead atoms. The van der Waals surface area contributed by atoms with Crippen LogP contribution < -0.4 is 0 Å². The summed E-state index contributed by atoms with van der Waals surface area (Å²) in [6, 6.07) is 3.15. The Morgan fingerprint density at radius 2 is 1.43 bits per heavy atom. The van der Waals surface area contributed by atoms with Crippen LogP contribution in [-0.2, 0) is 12.1 Å². The Kier molecular flexibility index (Phi) is 2.52. The maximum Gasteiger partial charge on any atom is 0.416 e. The van der Waals surface area contributed by atoms with Crippen molar-refractivity contribution in [1.82, 2.24) is 0 Å². The van der Waals surface area contributed by atoms with Crippen LogP contribution in [0.1, 0.15) is 18.1 Å². The third-order valence-corrected chi connectivity index (χ3v) is 1.70. The van der Waals surface area contributed by atoms with Crippen LogP contribution in [0.15, 0.2) is 24.3 Å². The largest absolute Gasteiger partial charge is 0.416 e. The normalized spacial score (nSPS) is 13.0. The molecule has 0 aromatic heterocycles. The molecule has 0 nitrogen and oxygen atoms in total. The summed E-state index contributed by atoms with van der Waals surface area (Å²) in [5, 5.41) is 0. The van der Waals surface area contributed by atoms with Gasteiger partial charge in [-0.05, 0) is 12.1 Å². The van der Waals surface area contributed by atoms with Gasteiger partial charge in [-0.15, -0.1) is 0 Å². The molecule has 5 heteroatoms. The van der Waals surface area contributed by atoms with E-state index in [9.17, 15) is 22.0 Å². The molecule has 0 aliphatic rings. The predicted octanol–water partition coefficient (Wildman–Crippen LogP) is 3.82. The summed E-state index contributed by atoms with van der Waals surface area (Å²) in [4.78, 5) is 0. The van der Waals surface area contributed by atoms with Gasteiger partial charge in [0.05, 0.1) is 5.56 Å². The van der Waals surface area contributed by atoms with E-state index >= 15 is 0 Å². The van der Waals surface area contributed by atoms with E-state index in [2.05, 4.69) is 0 Å². The van der Waals surface area contributed by atoms with Gasteiger partial charge in [0.25, 0.3) is 5.92 Å². The lowest BCUT2D eigenvalue weighted by molar-refractivity contribution is -0.137. The van der Waals surface area contributed by atoms with Gasteiger partial charge in [0.1, 0.15) is 0 Å². The summed E-state index contributed by atoms with van der Waals surface area (Å²) >= 11 is 0. The Balaban J connectivity index is 3.15. The van der Waals surface area contributed by atoms with Crippen molar-refractivity contribution in [2.45, 2.75) is 19.0 Å². The monoisotopic (exact) mass is 210 g/mol. The van der Waals surface area contributed by atoms with Gasteiger partial charge in [0.15, 0.2) is 0 Å². The minimum Gasteiger partial charge on any atom is -0.202 e. The van der Waals surface area contributed by atoms with Crippen molar-refractivity contribution in [3.05, 3.63) is 35.4 Å². The highest BCUT2D eigenvalue weighted by molar-refractivity contribution is 5.28. The van der Waals surface area contributed by atoms with Gasteiger partial charge in [-0.2, -0.15) is 13.2 Å². The third kappa shape index (κ3) is 2.43. The van der Waals surface area contributed by atoms with Crippen molar-refractivity contribution >= 4 is 0 Å². The Morgan fingerprint density at radius 3 is 1.86 bits per heavy atom. The predicted molar refractivity (Wildman–Crippen MR) is 41.0 cm³/mol.